The number of halogens is 2. The fraction of sp³-hybridized carbons (Fsp3) is 0.440. The molecule has 2 aromatic carbocycles. The summed E-state index contributed by atoms with van der Waals surface area (Å²) in [7, 11) is 0. The maximum absolute atomic E-state index is 13.1. The standard InChI is InChI=1S/2C24H29FN6O.2CH4/c2*1-5-30-21-13-26-22(28-23(21)31(16(2)3)17(4)24(30)32)11-8-19-12-27-29(15-19)14-18-6-9-20(25)10-7-18;;/h2*6-7,9-10,12-13,15-17H,5,8,11,14H2,1-4H3;2*1H4/t2*17-;;/m10../s1. The molecule has 0 radical (unpaired) electrons. The molecule has 0 aliphatic carbocycles. The minimum absolute atomic E-state index is 0. The lowest BCUT2D eigenvalue weighted by Crippen LogP contribution is -2.54. The Morgan fingerprint density at radius 1 is 0.545 bits per heavy atom. The van der Waals surface area contributed by atoms with E-state index in [1.165, 1.54) is 24.3 Å². The van der Waals surface area contributed by atoms with Gasteiger partial charge in [-0.25, -0.2) is 28.7 Å². The van der Waals surface area contributed by atoms with E-state index < -0.39 is 0 Å². The molecule has 0 spiro atoms. The van der Waals surface area contributed by atoms with Gasteiger partial charge in [-0.3, -0.25) is 19.0 Å². The van der Waals surface area contributed by atoms with E-state index in [1.54, 1.807) is 46.5 Å². The zero-order chi connectivity index (χ0) is 45.7. The highest BCUT2D eigenvalue weighted by Crippen LogP contribution is 2.36. The van der Waals surface area contributed by atoms with Crippen molar-refractivity contribution in [1.29, 1.82) is 0 Å². The molecule has 16 heteroatoms. The van der Waals surface area contributed by atoms with Crippen LogP contribution in [0.3, 0.4) is 0 Å². The lowest BCUT2D eigenvalue weighted by atomic mass is 10.1. The minimum atomic E-state index is -0.255. The van der Waals surface area contributed by atoms with Crippen LogP contribution in [0.15, 0.2) is 85.7 Å². The first-order valence-corrected chi connectivity index (χ1v) is 22.2. The molecule has 2 aliphatic rings. The number of rotatable bonds is 14. The van der Waals surface area contributed by atoms with E-state index in [0.29, 0.717) is 39.0 Å². The molecular formula is C50H66F2N12O2. The number of aryl methyl sites for hydroxylation is 4. The maximum atomic E-state index is 13.1. The van der Waals surface area contributed by atoms with Crippen LogP contribution in [-0.4, -0.2) is 88.6 Å². The Hall–Kier alpha value is -6.58. The number of hydrogen-bond acceptors (Lipinski definition) is 10. The van der Waals surface area contributed by atoms with E-state index in [1.807, 2.05) is 61.8 Å². The molecule has 8 rings (SSSR count). The summed E-state index contributed by atoms with van der Waals surface area (Å²) in [6, 6.07) is 12.7. The molecule has 0 fully saturated rings. The summed E-state index contributed by atoms with van der Waals surface area (Å²) >= 11 is 0. The molecule has 4 aromatic heterocycles. The van der Waals surface area contributed by atoms with Gasteiger partial charge in [-0.2, -0.15) is 10.2 Å². The number of amides is 2. The van der Waals surface area contributed by atoms with Crippen LogP contribution in [0, 0.1) is 11.6 Å². The first kappa shape index (κ1) is 50.4. The van der Waals surface area contributed by atoms with Crippen molar-refractivity contribution in [3.63, 3.8) is 0 Å². The molecule has 0 bridgehead atoms. The second-order valence-corrected chi connectivity index (χ2v) is 16.9. The van der Waals surface area contributed by atoms with Gasteiger partial charge >= 0.3 is 0 Å². The Morgan fingerprint density at radius 3 is 1.24 bits per heavy atom. The van der Waals surface area contributed by atoms with Gasteiger partial charge < -0.3 is 19.6 Å². The number of hydrogen-bond donors (Lipinski definition) is 0. The number of anilines is 4. The van der Waals surface area contributed by atoms with E-state index in [-0.39, 0.29) is 62.5 Å². The molecule has 6 heterocycles. The summed E-state index contributed by atoms with van der Waals surface area (Å²) in [5.41, 5.74) is 5.73. The summed E-state index contributed by atoms with van der Waals surface area (Å²) in [4.78, 5) is 52.1. The molecule has 66 heavy (non-hydrogen) atoms. The van der Waals surface area contributed by atoms with E-state index in [4.69, 9.17) is 9.97 Å². The second kappa shape index (κ2) is 22.1. The van der Waals surface area contributed by atoms with Crippen LogP contribution in [0.5, 0.6) is 0 Å². The van der Waals surface area contributed by atoms with Crippen molar-refractivity contribution in [2.45, 2.75) is 133 Å². The molecular weight excluding hydrogens is 839 g/mol. The number of likely N-dealkylation sites (N-methyl/N-ethyl adjacent to an activating group) is 2. The average Bonchev–Trinajstić information content (AvgIpc) is 3.93. The monoisotopic (exact) mass is 905 g/mol. The third kappa shape index (κ3) is 11.3. The highest BCUT2D eigenvalue weighted by molar-refractivity contribution is 6.05. The number of carbonyl (C=O) groups is 2. The Bertz CT molecular complexity index is 2360. The van der Waals surface area contributed by atoms with Crippen LogP contribution in [0.2, 0.25) is 0 Å². The van der Waals surface area contributed by atoms with Gasteiger partial charge in [0.25, 0.3) is 0 Å². The molecule has 14 nitrogen and oxygen atoms in total. The van der Waals surface area contributed by atoms with Gasteiger partial charge in [0.1, 0.15) is 46.7 Å². The third-order valence-corrected chi connectivity index (χ3v) is 11.7. The minimum Gasteiger partial charge on any atom is -0.341 e. The van der Waals surface area contributed by atoms with E-state index in [0.717, 1.165) is 69.8 Å². The first-order valence-electron chi connectivity index (χ1n) is 22.2. The van der Waals surface area contributed by atoms with Gasteiger partial charge in [0.2, 0.25) is 11.8 Å². The van der Waals surface area contributed by atoms with Crippen molar-refractivity contribution in [1.82, 2.24) is 39.5 Å². The number of carbonyl (C=O) groups excluding carboxylic acids is 2. The topological polar surface area (TPSA) is 134 Å². The average molecular weight is 905 g/mol. The molecule has 352 valence electrons. The summed E-state index contributed by atoms with van der Waals surface area (Å²) in [6.45, 7) is 18.5. The van der Waals surface area contributed by atoms with Crippen molar-refractivity contribution in [2.24, 2.45) is 0 Å². The summed E-state index contributed by atoms with van der Waals surface area (Å²) in [5.74, 6) is 2.83. The lowest BCUT2D eigenvalue weighted by Gasteiger charge is -2.42. The number of benzene rings is 2. The van der Waals surface area contributed by atoms with E-state index >= 15 is 0 Å². The van der Waals surface area contributed by atoms with Crippen molar-refractivity contribution in [3.05, 3.63) is 131 Å². The highest BCUT2D eigenvalue weighted by atomic mass is 19.1. The van der Waals surface area contributed by atoms with Gasteiger partial charge in [0.15, 0.2) is 11.6 Å². The van der Waals surface area contributed by atoms with Gasteiger partial charge in [-0.15, -0.1) is 0 Å². The molecule has 2 amide bonds. The number of nitrogens with zero attached hydrogens (tertiary/aromatic N) is 12. The fourth-order valence-corrected chi connectivity index (χ4v) is 8.44. The molecule has 0 unspecified atom stereocenters. The van der Waals surface area contributed by atoms with Gasteiger partial charge in [-0.1, -0.05) is 39.1 Å². The van der Waals surface area contributed by atoms with Crippen molar-refractivity contribution >= 4 is 34.8 Å². The Morgan fingerprint density at radius 2 is 0.909 bits per heavy atom. The fourth-order valence-electron chi connectivity index (χ4n) is 8.44. The van der Waals surface area contributed by atoms with Crippen molar-refractivity contribution in [2.75, 3.05) is 32.7 Å². The second-order valence-electron chi connectivity index (χ2n) is 16.9. The quantitative estimate of drug-likeness (QED) is 0.105. The molecule has 0 saturated carbocycles. The predicted octanol–water partition coefficient (Wildman–Crippen LogP) is 8.50. The van der Waals surface area contributed by atoms with Gasteiger partial charge in [0, 0.05) is 50.4 Å². The molecule has 0 N–H and O–H groups in total. The Kier molecular flexibility index (Phi) is 16.9. The largest absolute Gasteiger partial charge is 0.341 e. The van der Waals surface area contributed by atoms with Crippen molar-refractivity contribution < 1.29 is 18.4 Å². The first-order chi connectivity index (χ1) is 30.7. The van der Waals surface area contributed by atoms with Crippen LogP contribution in [-0.2, 0) is 48.4 Å². The molecule has 6 aromatic rings. The maximum Gasteiger partial charge on any atom is 0.249 e. The lowest BCUT2D eigenvalue weighted by molar-refractivity contribution is -0.120. The third-order valence-electron chi connectivity index (χ3n) is 11.7. The number of fused-ring (bicyclic) bond motifs is 2. The smallest absolute Gasteiger partial charge is 0.249 e. The Labute approximate surface area is 388 Å². The van der Waals surface area contributed by atoms with Gasteiger partial charge in [-0.05, 0) is 115 Å². The SMILES string of the molecule is C.C.CCN1C(=O)[C@@H](C)N(C(C)C)c2nc(CCc3cnn(Cc4ccc(F)cc4)c3)ncc21.CCN1C(=O)[C@H](C)N(C(C)C)c2nc(CCc3cnn(Cc4ccc(F)cc4)c3)ncc21. The zero-order valence-electron chi connectivity index (χ0n) is 38.0. The van der Waals surface area contributed by atoms with E-state index in [2.05, 4.69) is 57.7 Å². The van der Waals surface area contributed by atoms with Gasteiger partial charge in [0.05, 0.1) is 37.9 Å². The van der Waals surface area contributed by atoms with Crippen LogP contribution in [0.4, 0.5) is 31.8 Å². The number of aromatic nitrogens is 8. The van der Waals surface area contributed by atoms with E-state index in [9.17, 15) is 18.4 Å². The normalized spacial score (nSPS) is 15.6. The van der Waals surface area contributed by atoms with Crippen LogP contribution >= 0.6 is 0 Å². The molecule has 2 atom stereocenters. The van der Waals surface area contributed by atoms with Crippen LogP contribution in [0.25, 0.3) is 0 Å². The molecule has 2 aliphatic heterocycles. The summed E-state index contributed by atoms with van der Waals surface area (Å²) < 4.78 is 29.9. The van der Waals surface area contributed by atoms with Crippen LogP contribution in [0.1, 0.15) is 104 Å². The Balaban J connectivity index is 0.000000240. The van der Waals surface area contributed by atoms with Crippen LogP contribution < -0.4 is 19.6 Å². The highest BCUT2D eigenvalue weighted by Gasteiger charge is 2.39. The molecule has 0 saturated heterocycles. The van der Waals surface area contributed by atoms with Crippen molar-refractivity contribution in [3.8, 4) is 0 Å². The zero-order valence-corrected chi connectivity index (χ0v) is 38.0. The summed E-state index contributed by atoms with van der Waals surface area (Å²) in [5, 5.41) is 8.84. The summed E-state index contributed by atoms with van der Waals surface area (Å²) in [6.07, 6.45) is 14.1. The predicted molar refractivity (Wildman–Crippen MR) is 258 cm³/mol.